The van der Waals surface area contributed by atoms with Crippen molar-refractivity contribution in [1.29, 1.82) is 0 Å². The molecule has 0 aliphatic carbocycles. The summed E-state index contributed by atoms with van der Waals surface area (Å²) < 4.78 is 5.24. The molecule has 56 valence electrons. The molecule has 1 aromatic heterocycles. The van der Waals surface area contributed by atoms with Crippen LogP contribution in [0.4, 0.5) is 0 Å². The molecule has 0 aromatic carbocycles. The number of oxazole rings is 1. The van der Waals surface area contributed by atoms with E-state index in [0.29, 0.717) is 0 Å². The summed E-state index contributed by atoms with van der Waals surface area (Å²) in [4.78, 5) is 6.07. The first-order valence-corrected chi connectivity index (χ1v) is 3.24. The van der Waals surface area contributed by atoms with E-state index < -0.39 is 0 Å². The molecule has 0 aliphatic heterocycles. The van der Waals surface area contributed by atoms with Crippen molar-refractivity contribution in [3.8, 4) is 0 Å². The summed E-state index contributed by atoms with van der Waals surface area (Å²) in [5.41, 5.74) is 0. The Balaban J connectivity index is 2.58. The van der Waals surface area contributed by atoms with Gasteiger partial charge in [-0.15, -0.1) is 0 Å². The quantitative estimate of drug-likeness (QED) is 0.614. The smallest absolute Gasteiger partial charge is 0.208 e. The molecule has 0 radical (unpaired) electrons. The predicted molar refractivity (Wildman–Crippen MR) is 38.6 cm³/mol. The zero-order valence-corrected chi connectivity index (χ0v) is 6.59. The molecule has 0 bridgehead atoms. The van der Waals surface area contributed by atoms with Crippen LogP contribution in [-0.4, -0.2) is 24.0 Å². The maximum Gasteiger partial charge on any atom is 0.208 e. The van der Waals surface area contributed by atoms with Gasteiger partial charge in [0, 0.05) is 0 Å². The van der Waals surface area contributed by atoms with Crippen LogP contribution in [0, 0.1) is 6.92 Å². The molecule has 0 spiro atoms. The topological polar surface area (TPSA) is 29.3 Å². The summed E-state index contributed by atoms with van der Waals surface area (Å²) in [6.45, 7) is 2.67. The summed E-state index contributed by atoms with van der Waals surface area (Å²) in [5, 5.41) is 0. The second-order valence-electron chi connectivity index (χ2n) is 2.60. The van der Waals surface area contributed by atoms with E-state index in [2.05, 4.69) is 4.98 Å². The van der Waals surface area contributed by atoms with Gasteiger partial charge in [-0.2, -0.15) is 0 Å². The zero-order chi connectivity index (χ0) is 7.56. The first-order chi connectivity index (χ1) is 4.68. The second-order valence-corrected chi connectivity index (χ2v) is 2.60. The number of hydrogen-bond donors (Lipinski definition) is 0. The number of hydrogen-bond acceptors (Lipinski definition) is 3. The number of aryl methyl sites for hydroxylation is 1. The van der Waals surface area contributed by atoms with Crippen molar-refractivity contribution >= 4 is 0 Å². The van der Waals surface area contributed by atoms with Gasteiger partial charge < -0.3 is 9.32 Å². The van der Waals surface area contributed by atoms with Gasteiger partial charge in [-0.3, -0.25) is 0 Å². The fourth-order valence-corrected chi connectivity index (χ4v) is 0.745. The summed E-state index contributed by atoms with van der Waals surface area (Å²) in [7, 11) is 3.97. The highest BCUT2D eigenvalue weighted by Gasteiger charge is 1.99. The van der Waals surface area contributed by atoms with E-state index in [1.807, 2.05) is 25.9 Å². The van der Waals surface area contributed by atoms with Gasteiger partial charge in [0.15, 0.2) is 0 Å². The number of nitrogens with zero attached hydrogens (tertiary/aromatic N) is 2. The van der Waals surface area contributed by atoms with Gasteiger partial charge in [0.05, 0.1) is 12.7 Å². The minimum atomic E-state index is 0.772. The molecule has 0 saturated carbocycles. The second kappa shape index (κ2) is 2.84. The van der Waals surface area contributed by atoms with Gasteiger partial charge in [0.1, 0.15) is 5.76 Å². The SMILES string of the molecule is Cc1cnc(CN(C)C)o1. The van der Waals surface area contributed by atoms with Crippen LogP contribution in [-0.2, 0) is 6.54 Å². The maximum atomic E-state index is 5.24. The van der Waals surface area contributed by atoms with E-state index in [0.717, 1.165) is 18.2 Å². The average Bonchev–Trinajstić information content (AvgIpc) is 2.13. The highest BCUT2D eigenvalue weighted by Crippen LogP contribution is 2.02. The standard InChI is InChI=1S/C7H12N2O/c1-6-4-8-7(10-6)5-9(2)3/h4H,5H2,1-3H3. The third-order valence-electron chi connectivity index (χ3n) is 1.12. The Hall–Kier alpha value is -0.830. The summed E-state index contributed by atoms with van der Waals surface area (Å²) in [6, 6.07) is 0. The van der Waals surface area contributed by atoms with Crippen LogP contribution < -0.4 is 0 Å². The van der Waals surface area contributed by atoms with Gasteiger partial charge in [-0.25, -0.2) is 4.98 Å². The lowest BCUT2D eigenvalue weighted by Crippen LogP contribution is -2.10. The lowest BCUT2D eigenvalue weighted by molar-refractivity contribution is 0.336. The zero-order valence-electron chi connectivity index (χ0n) is 6.59. The molecule has 10 heavy (non-hydrogen) atoms. The largest absolute Gasteiger partial charge is 0.445 e. The van der Waals surface area contributed by atoms with E-state index >= 15 is 0 Å². The third kappa shape index (κ3) is 1.84. The molecule has 0 N–H and O–H groups in total. The Morgan fingerprint density at radius 1 is 1.60 bits per heavy atom. The molecule has 0 amide bonds. The van der Waals surface area contributed by atoms with E-state index in [9.17, 15) is 0 Å². The highest BCUT2D eigenvalue weighted by atomic mass is 16.4. The lowest BCUT2D eigenvalue weighted by atomic mass is 10.6. The molecule has 3 nitrogen and oxygen atoms in total. The van der Waals surface area contributed by atoms with E-state index in [1.54, 1.807) is 6.20 Å². The van der Waals surface area contributed by atoms with Crippen molar-refractivity contribution in [1.82, 2.24) is 9.88 Å². The normalized spacial score (nSPS) is 10.8. The first kappa shape index (κ1) is 7.28. The summed E-state index contributed by atoms with van der Waals surface area (Å²) >= 11 is 0. The molecule has 0 unspecified atom stereocenters. The first-order valence-electron chi connectivity index (χ1n) is 3.24. The molecule has 1 rings (SSSR count). The molecule has 0 fully saturated rings. The Kier molecular flexibility index (Phi) is 2.06. The van der Waals surface area contributed by atoms with Crippen LogP contribution in [0.2, 0.25) is 0 Å². The van der Waals surface area contributed by atoms with Gasteiger partial charge in [-0.05, 0) is 21.0 Å². The Labute approximate surface area is 60.7 Å². The van der Waals surface area contributed by atoms with Gasteiger partial charge in [0.2, 0.25) is 5.89 Å². The van der Waals surface area contributed by atoms with Crippen molar-refractivity contribution in [3.05, 3.63) is 17.8 Å². The summed E-state index contributed by atoms with van der Waals surface area (Å²) in [6.07, 6.45) is 1.73. The predicted octanol–water partition coefficient (Wildman–Crippen LogP) is 1.04. The third-order valence-corrected chi connectivity index (χ3v) is 1.12. The van der Waals surface area contributed by atoms with E-state index in [4.69, 9.17) is 4.42 Å². The van der Waals surface area contributed by atoms with E-state index in [1.165, 1.54) is 0 Å². The molecule has 1 aromatic rings. The number of rotatable bonds is 2. The monoisotopic (exact) mass is 140 g/mol. The van der Waals surface area contributed by atoms with Crippen molar-refractivity contribution < 1.29 is 4.42 Å². The van der Waals surface area contributed by atoms with E-state index in [-0.39, 0.29) is 0 Å². The van der Waals surface area contributed by atoms with Gasteiger partial charge in [-0.1, -0.05) is 0 Å². The van der Waals surface area contributed by atoms with Crippen LogP contribution in [0.5, 0.6) is 0 Å². The van der Waals surface area contributed by atoms with Crippen molar-refractivity contribution in [2.75, 3.05) is 14.1 Å². The average molecular weight is 140 g/mol. The summed E-state index contributed by atoms with van der Waals surface area (Å²) in [5.74, 6) is 1.65. The van der Waals surface area contributed by atoms with Crippen molar-refractivity contribution in [2.24, 2.45) is 0 Å². The molecule has 1 heterocycles. The molecular weight excluding hydrogens is 128 g/mol. The van der Waals surface area contributed by atoms with Crippen molar-refractivity contribution in [3.63, 3.8) is 0 Å². The Morgan fingerprint density at radius 2 is 2.30 bits per heavy atom. The van der Waals surface area contributed by atoms with Crippen LogP contribution in [0.15, 0.2) is 10.6 Å². The van der Waals surface area contributed by atoms with Gasteiger partial charge in [0.25, 0.3) is 0 Å². The lowest BCUT2D eigenvalue weighted by Gasteiger charge is -2.03. The van der Waals surface area contributed by atoms with Crippen LogP contribution in [0.25, 0.3) is 0 Å². The molecule has 0 saturated heterocycles. The minimum Gasteiger partial charge on any atom is -0.445 e. The fourth-order valence-electron chi connectivity index (χ4n) is 0.745. The highest BCUT2D eigenvalue weighted by molar-refractivity contribution is 4.90. The van der Waals surface area contributed by atoms with Crippen LogP contribution in [0.1, 0.15) is 11.7 Å². The molecule has 0 aliphatic rings. The number of aromatic nitrogens is 1. The minimum absolute atomic E-state index is 0.772. The molecule has 0 atom stereocenters. The van der Waals surface area contributed by atoms with Crippen LogP contribution >= 0.6 is 0 Å². The Morgan fingerprint density at radius 3 is 2.70 bits per heavy atom. The van der Waals surface area contributed by atoms with Crippen molar-refractivity contribution in [2.45, 2.75) is 13.5 Å². The maximum absolute atomic E-state index is 5.24. The molecule has 3 heteroatoms. The Bertz CT molecular complexity index is 205. The van der Waals surface area contributed by atoms with Gasteiger partial charge >= 0.3 is 0 Å². The van der Waals surface area contributed by atoms with Crippen LogP contribution in [0.3, 0.4) is 0 Å². The molecular formula is C7H12N2O. The fraction of sp³-hybridized carbons (Fsp3) is 0.571.